The number of esters is 1. The van der Waals surface area contributed by atoms with E-state index in [4.69, 9.17) is 10.00 Å². The van der Waals surface area contributed by atoms with Gasteiger partial charge < -0.3 is 4.74 Å². The van der Waals surface area contributed by atoms with Crippen LogP contribution in [0.5, 0.6) is 0 Å². The average molecular weight is 221 g/mol. The molecule has 1 rings (SSSR count). The maximum Gasteiger partial charge on any atom is 0.316 e. The normalized spacial score (nSPS) is 9.33. The van der Waals surface area contributed by atoms with Crippen LogP contribution in [0.2, 0.25) is 0 Å². The molecule has 0 aliphatic carbocycles. The van der Waals surface area contributed by atoms with E-state index in [1.807, 2.05) is 18.2 Å². The van der Waals surface area contributed by atoms with E-state index >= 15 is 0 Å². The number of benzene rings is 1. The van der Waals surface area contributed by atoms with Gasteiger partial charge in [-0.15, -0.1) is 11.8 Å². The van der Waals surface area contributed by atoms with Crippen molar-refractivity contribution in [3.63, 3.8) is 0 Å². The van der Waals surface area contributed by atoms with Gasteiger partial charge in [0.1, 0.15) is 0 Å². The number of rotatable bonds is 4. The standard InChI is InChI=1S/C11H11NO2S/c1-2-14-11(13)8-15-10-5-3-9(7-12)4-6-10/h3-6H,2,8H2,1H3. The molecule has 0 saturated carbocycles. The zero-order valence-corrected chi connectivity index (χ0v) is 9.21. The van der Waals surface area contributed by atoms with Gasteiger partial charge in [-0.2, -0.15) is 5.26 Å². The Labute approximate surface area is 93.0 Å². The maximum atomic E-state index is 11.0. The van der Waals surface area contributed by atoms with E-state index in [9.17, 15) is 4.79 Å². The Balaban J connectivity index is 2.45. The molecule has 1 aromatic rings. The molecule has 4 heteroatoms. The third-order valence-corrected chi connectivity index (χ3v) is 2.63. The molecule has 0 fully saturated rings. The van der Waals surface area contributed by atoms with Crippen LogP contribution in [-0.4, -0.2) is 18.3 Å². The van der Waals surface area contributed by atoms with Gasteiger partial charge >= 0.3 is 5.97 Å². The minimum Gasteiger partial charge on any atom is -0.465 e. The van der Waals surface area contributed by atoms with Crippen molar-refractivity contribution < 1.29 is 9.53 Å². The Bertz CT molecular complexity index is 367. The van der Waals surface area contributed by atoms with Crippen molar-refractivity contribution in [1.29, 1.82) is 5.26 Å². The van der Waals surface area contributed by atoms with Crippen molar-refractivity contribution in [3.05, 3.63) is 29.8 Å². The molecular weight excluding hydrogens is 210 g/mol. The molecule has 0 bridgehead atoms. The fourth-order valence-corrected chi connectivity index (χ4v) is 1.67. The zero-order valence-electron chi connectivity index (χ0n) is 8.40. The second-order valence-corrected chi connectivity index (χ2v) is 3.78. The van der Waals surface area contributed by atoms with Gasteiger partial charge in [0.2, 0.25) is 0 Å². The first kappa shape index (κ1) is 11.6. The predicted octanol–water partition coefficient (Wildman–Crippen LogP) is 2.21. The third kappa shape index (κ3) is 4.05. The molecule has 0 unspecified atom stereocenters. The van der Waals surface area contributed by atoms with E-state index < -0.39 is 0 Å². The van der Waals surface area contributed by atoms with Crippen LogP contribution in [0.4, 0.5) is 0 Å². The predicted molar refractivity (Wildman–Crippen MR) is 58.5 cm³/mol. The van der Waals surface area contributed by atoms with Crippen molar-refractivity contribution in [2.45, 2.75) is 11.8 Å². The number of hydrogen-bond acceptors (Lipinski definition) is 4. The van der Waals surface area contributed by atoms with Gasteiger partial charge in [-0.1, -0.05) is 0 Å². The van der Waals surface area contributed by atoms with E-state index in [0.717, 1.165) is 4.90 Å². The van der Waals surface area contributed by atoms with Crippen molar-refractivity contribution in [2.24, 2.45) is 0 Å². The topological polar surface area (TPSA) is 50.1 Å². The second-order valence-electron chi connectivity index (χ2n) is 2.73. The van der Waals surface area contributed by atoms with Crippen LogP contribution in [-0.2, 0) is 9.53 Å². The fourth-order valence-electron chi connectivity index (χ4n) is 0.971. The minimum absolute atomic E-state index is 0.216. The largest absolute Gasteiger partial charge is 0.465 e. The molecule has 0 amide bonds. The Morgan fingerprint density at radius 2 is 2.13 bits per heavy atom. The van der Waals surface area contributed by atoms with Gasteiger partial charge in [0.15, 0.2) is 0 Å². The molecule has 15 heavy (non-hydrogen) atoms. The van der Waals surface area contributed by atoms with E-state index in [1.54, 1.807) is 19.1 Å². The Morgan fingerprint density at radius 3 is 2.67 bits per heavy atom. The fraction of sp³-hybridized carbons (Fsp3) is 0.273. The molecule has 0 aliphatic rings. The third-order valence-electron chi connectivity index (χ3n) is 1.65. The van der Waals surface area contributed by atoms with Gasteiger partial charge in [-0.05, 0) is 31.2 Å². The van der Waals surface area contributed by atoms with Crippen LogP contribution in [0.3, 0.4) is 0 Å². The molecule has 0 heterocycles. The molecule has 0 spiro atoms. The highest BCUT2D eigenvalue weighted by atomic mass is 32.2. The number of ether oxygens (including phenoxy) is 1. The van der Waals surface area contributed by atoms with Crippen LogP contribution < -0.4 is 0 Å². The van der Waals surface area contributed by atoms with Gasteiger partial charge in [0.25, 0.3) is 0 Å². The van der Waals surface area contributed by atoms with Crippen LogP contribution in [0.25, 0.3) is 0 Å². The SMILES string of the molecule is CCOC(=O)CSc1ccc(C#N)cc1. The quantitative estimate of drug-likeness (QED) is 0.577. The van der Waals surface area contributed by atoms with Crippen molar-refractivity contribution in [3.8, 4) is 6.07 Å². The summed E-state index contributed by atoms with van der Waals surface area (Å²) in [7, 11) is 0. The molecule has 3 nitrogen and oxygen atoms in total. The van der Waals surface area contributed by atoms with Crippen LogP contribution in [0.1, 0.15) is 12.5 Å². The summed E-state index contributed by atoms with van der Waals surface area (Å²) in [6, 6.07) is 9.14. The highest BCUT2D eigenvalue weighted by Crippen LogP contribution is 2.18. The molecule has 0 aliphatic heterocycles. The number of hydrogen-bond donors (Lipinski definition) is 0. The Kier molecular flexibility index (Phi) is 4.72. The van der Waals surface area contributed by atoms with Crippen LogP contribution in [0, 0.1) is 11.3 Å². The van der Waals surface area contributed by atoms with E-state index in [0.29, 0.717) is 17.9 Å². The van der Waals surface area contributed by atoms with Crippen LogP contribution >= 0.6 is 11.8 Å². The molecule has 0 radical (unpaired) electrons. The summed E-state index contributed by atoms with van der Waals surface area (Å²) in [6.45, 7) is 2.19. The number of nitriles is 1. The smallest absolute Gasteiger partial charge is 0.316 e. The molecule has 0 aromatic heterocycles. The lowest BCUT2D eigenvalue weighted by Gasteiger charge is -2.01. The summed E-state index contributed by atoms with van der Waals surface area (Å²) in [5, 5.41) is 8.59. The first-order valence-corrected chi connectivity index (χ1v) is 5.53. The highest BCUT2D eigenvalue weighted by Gasteiger charge is 2.02. The Hall–Kier alpha value is -1.47. The van der Waals surface area contributed by atoms with E-state index in [-0.39, 0.29) is 5.97 Å². The van der Waals surface area contributed by atoms with Crippen molar-refractivity contribution >= 4 is 17.7 Å². The van der Waals surface area contributed by atoms with E-state index in [2.05, 4.69) is 0 Å². The summed E-state index contributed by atoms with van der Waals surface area (Å²) in [4.78, 5) is 12.0. The second kappa shape index (κ2) is 6.10. The monoisotopic (exact) mass is 221 g/mol. The zero-order chi connectivity index (χ0) is 11.1. The van der Waals surface area contributed by atoms with Gasteiger partial charge in [0, 0.05) is 4.90 Å². The summed E-state index contributed by atoms with van der Waals surface area (Å²) < 4.78 is 4.80. The average Bonchev–Trinajstić information content (AvgIpc) is 2.27. The van der Waals surface area contributed by atoms with Gasteiger partial charge in [-0.25, -0.2) is 0 Å². The van der Waals surface area contributed by atoms with Crippen molar-refractivity contribution in [2.75, 3.05) is 12.4 Å². The minimum atomic E-state index is -0.216. The van der Waals surface area contributed by atoms with Gasteiger partial charge in [0.05, 0.1) is 24.0 Å². The summed E-state index contributed by atoms with van der Waals surface area (Å²) in [5.41, 5.74) is 0.621. The molecular formula is C11H11NO2S. The summed E-state index contributed by atoms with van der Waals surface area (Å²) in [5.74, 6) is 0.0894. The Morgan fingerprint density at radius 1 is 1.47 bits per heavy atom. The maximum absolute atomic E-state index is 11.0. The number of carbonyl (C=O) groups excluding carboxylic acids is 1. The lowest BCUT2D eigenvalue weighted by atomic mass is 10.2. The lowest BCUT2D eigenvalue weighted by molar-refractivity contribution is -0.139. The summed E-state index contributed by atoms with van der Waals surface area (Å²) in [6.07, 6.45) is 0. The highest BCUT2D eigenvalue weighted by molar-refractivity contribution is 8.00. The van der Waals surface area contributed by atoms with E-state index in [1.165, 1.54) is 11.8 Å². The number of carbonyl (C=O) groups is 1. The number of nitrogens with zero attached hydrogens (tertiary/aromatic N) is 1. The molecule has 1 aromatic carbocycles. The summed E-state index contributed by atoms with van der Waals surface area (Å²) >= 11 is 1.40. The van der Waals surface area contributed by atoms with Gasteiger partial charge in [-0.3, -0.25) is 4.79 Å². The molecule has 0 N–H and O–H groups in total. The molecule has 0 saturated heterocycles. The first-order valence-electron chi connectivity index (χ1n) is 4.55. The molecule has 78 valence electrons. The van der Waals surface area contributed by atoms with Crippen molar-refractivity contribution in [1.82, 2.24) is 0 Å². The van der Waals surface area contributed by atoms with Crippen LogP contribution in [0.15, 0.2) is 29.2 Å². The first-order chi connectivity index (χ1) is 7.26. The lowest BCUT2D eigenvalue weighted by Crippen LogP contribution is -2.06. The number of thioether (sulfide) groups is 1. The molecule has 0 atom stereocenters.